The van der Waals surface area contributed by atoms with E-state index in [9.17, 15) is 19.2 Å². The van der Waals surface area contributed by atoms with Crippen molar-refractivity contribution in [2.45, 2.75) is 58.1 Å². The quantitative estimate of drug-likeness (QED) is 0.205. The summed E-state index contributed by atoms with van der Waals surface area (Å²) in [6, 6.07) is -0.884. The van der Waals surface area contributed by atoms with Crippen LogP contribution in [0.3, 0.4) is 0 Å². The number of methoxy groups -OCH3 is 1. The number of carbonyl (C=O) groups is 4. The minimum Gasteiger partial charge on any atom is -0.481 e. The minimum atomic E-state index is -1.04. The summed E-state index contributed by atoms with van der Waals surface area (Å²) in [5.74, 6) is -1.79. The van der Waals surface area contributed by atoms with Crippen LogP contribution in [-0.2, 0) is 33.3 Å². The van der Waals surface area contributed by atoms with Crippen LogP contribution < -0.4 is 16.0 Å². The topological polar surface area (TPSA) is 162 Å². The number of aliphatic carboxylic acids is 1. The molecule has 0 saturated heterocycles. The zero-order valence-corrected chi connectivity index (χ0v) is 20.1. The van der Waals surface area contributed by atoms with Crippen LogP contribution in [0.15, 0.2) is 0 Å². The fraction of sp³-hybridized carbons (Fsp3) is 0.810. The van der Waals surface area contributed by atoms with Crippen molar-refractivity contribution in [1.82, 2.24) is 16.0 Å². The van der Waals surface area contributed by atoms with Crippen molar-refractivity contribution in [1.29, 1.82) is 0 Å². The summed E-state index contributed by atoms with van der Waals surface area (Å²) in [7, 11) is 1.58. The van der Waals surface area contributed by atoms with Crippen LogP contribution >= 0.6 is 0 Å². The van der Waals surface area contributed by atoms with Crippen LogP contribution in [0.4, 0.5) is 4.79 Å². The second kappa shape index (κ2) is 18.0. The lowest BCUT2D eigenvalue weighted by atomic mass is 10.1. The number of rotatable bonds is 18. The van der Waals surface area contributed by atoms with Gasteiger partial charge in [0.15, 0.2) is 0 Å². The molecule has 0 saturated carbocycles. The van der Waals surface area contributed by atoms with Gasteiger partial charge < -0.3 is 40.0 Å². The van der Waals surface area contributed by atoms with Crippen molar-refractivity contribution >= 4 is 23.9 Å². The summed E-state index contributed by atoms with van der Waals surface area (Å²) in [6.45, 7) is 7.00. The predicted octanol–water partition coefficient (Wildman–Crippen LogP) is 0.437. The number of nitrogens with one attached hydrogen (secondary N) is 3. The lowest BCUT2D eigenvalue weighted by Gasteiger charge is -2.23. The Morgan fingerprint density at radius 3 is 2.21 bits per heavy atom. The van der Waals surface area contributed by atoms with Crippen molar-refractivity contribution in [3.05, 3.63) is 0 Å². The highest BCUT2D eigenvalue weighted by Gasteiger charge is 2.24. The number of unbranched alkanes of at least 4 members (excludes halogenated alkanes) is 1. The Morgan fingerprint density at radius 2 is 1.58 bits per heavy atom. The highest BCUT2D eigenvalue weighted by molar-refractivity contribution is 5.85. The maximum Gasteiger partial charge on any atom is 0.408 e. The maximum atomic E-state index is 12.3. The molecule has 0 aromatic heterocycles. The molecule has 1 atom stereocenters. The number of alkyl carbamates (subject to hydrolysis) is 1. The van der Waals surface area contributed by atoms with Crippen molar-refractivity contribution < 1.29 is 43.2 Å². The molecule has 0 aromatic rings. The highest BCUT2D eigenvalue weighted by atomic mass is 16.6. The summed E-state index contributed by atoms with van der Waals surface area (Å²) >= 11 is 0. The molecular weight excluding hydrogens is 438 g/mol. The first-order chi connectivity index (χ1) is 15.5. The second-order valence-electron chi connectivity index (χ2n) is 8.14. The third-order valence-electron chi connectivity index (χ3n) is 3.92. The lowest BCUT2D eigenvalue weighted by molar-refractivity contribution is -0.137. The Labute approximate surface area is 195 Å². The average Bonchev–Trinajstić information content (AvgIpc) is 2.70. The molecule has 0 rings (SSSR count). The van der Waals surface area contributed by atoms with Crippen LogP contribution in [0.25, 0.3) is 0 Å². The molecule has 0 fully saturated rings. The number of amides is 3. The van der Waals surface area contributed by atoms with Gasteiger partial charge in [-0.25, -0.2) is 4.79 Å². The van der Waals surface area contributed by atoms with Gasteiger partial charge in [-0.3, -0.25) is 14.4 Å². The van der Waals surface area contributed by atoms with Gasteiger partial charge in [0.25, 0.3) is 0 Å². The fourth-order valence-corrected chi connectivity index (χ4v) is 2.41. The van der Waals surface area contributed by atoms with Gasteiger partial charge in [-0.1, -0.05) is 0 Å². The number of carboxylic acid groups (broad SMARTS) is 1. The van der Waals surface area contributed by atoms with Crippen molar-refractivity contribution in [3.8, 4) is 0 Å². The molecule has 4 N–H and O–H groups in total. The van der Waals surface area contributed by atoms with Gasteiger partial charge in [0, 0.05) is 20.2 Å². The predicted molar refractivity (Wildman–Crippen MR) is 119 cm³/mol. The normalized spacial score (nSPS) is 12.0. The molecule has 12 heteroatoms. The molecule has 0 radical (unpaired) electrons. The fourth-order valence-electron chi connectivity index (χ4n) is 2.41. The largest absolute Gasteiger partial charge is 0.481 e. The Morgan fingerprint density at radius 1 is 0.909 bits per heavy atom. The zero-order valence-electron chi connectivity index (χ0n) is 20.1. The molecule has 0 aliphatic heterocycles. The summed E-state index contributed by atoms with van der Waals surface area (Å²) < 4.78 is 20.5. The van der Waals surface area contributed by atoms with E-state index in [1.807, 2.05) is 0 Å². The third kappa shape index (κ3) is 19.9. The minimum absolute atomic E-state index is 0.0475. The maximum absolute atomic E-state index is 12.3. The smallest absolute Gasteiger partial charge is 0.408 e. The first kappa shape index (κ1) is 30.6. The zero-order chi connectivity index (χ0) is 25.1. The van der Waals surface area contributed by atoms with Gasteiger partial charge in [-0.15, -0.1) is 0 Å². The van der Waals surface area contributed by atoms with Gasteiger partial charge >= 0.3 is 12.1 Å². The van der Waals surface area contributed by atoms with E-state index >= 15 is 0 Å². The number of carboxylic acids is 1. The SMILES string of the molecule is COCCOCCOCC(=O)NCCCC[C@H](NC(=O)OC(C)(C)C)C(=O)NCCC(=O)O. The van der Waals surface area contributed by atoms with E-state index in [1.54, 1.807) is 27.9 Å². The lowest BCUT2D eigenvalue weighted by Crippen LogP contribution is -2.48. The van der Waals surface area contributed by atoms with Crippen LogP contribution in [0.2, 0.25) is 0 Å². The Kier molecular flexibility index (Phi) is 16.7. The molecule has 0 aromatic carbocycles. The van der Waals surface area contributed by atoms with Crippen molar-refractivity contribution in [3.63, 3.8) is 0 Å². The van der Waals surface area contributed by atoms with E-state index in [0.29, 0.717) is 52.2 Å². The van der Waals surface area contributed by atoms with E-state index in [2.05, 4.69) is 16.0 Å². The van der Waals surface area contributed by atoms with Gasteiger partial charge in [0.05, 0.1) is 32.8 Å². The molecule has 0 aliphatic carbocycles. The number of ether oxygens (including phenoxy) is 4. The van der Waals surface area contributed by atoms with Crippen LogP contribution in [0.5, 0.6) is 0 Å². The monoisotopic (exact) mass is 477 g/mol. The van der Waals surface area contributed by atoms with E-state index in [0.717, 1.165) is 0 Å². The van der Waals surface area contributed by atoms with Gasteiger partial charge in [-0.05, 0) is 40.0 Å². The van der Waals surface area contributed by atoms with Gasteiger partial charge in [0.1, 0.15) is 18.2 Å². The molecular formula is C21H39N3O9. The van der Waals surface area contributed by atoms with Crippen LogP contribution in [0.1, 0.15) is 46.5 Å². The number of hydrogen-bond acceptors (Lipinski definition) is 8. The molecule has 12 nitrogen and oxygen atoms in total. The molecule has 0 unspecified atom stereocenters. The summed E-state index contributed by atoms with van der Waals surface area (Å²) in [5.41, 5.74) is -0.725. The van der Waals surface area contributed by atoms with Crippen LogP contribution in [0, 0.1) is 0 Å². The van der Waals surface area contributed by atoms with Crippen molar-refractivity contribution in [2.24, 2.45) is 0 Å². The Balaban J connectivity index is 4.24. The molecule has 33 heavy (non-hydrogen) atoms. The first-order valence-corrected chi connectivity index (χ1v) is 10.9. The number of carbonyl (C=O) groups excluding carboxylic acids is 3. The first-order valence-electron chi connectivity index (χ1n) is 10.9. The molecule has 0 spiro atoms. The van der Waals surface area contributed by atoms with E-state index in [4.69, 9.17) is 24.1 Å². The Bertz CT molecular complexity index is 594. The molecule has 0 heterocycles. The van der Waals surface area contributed by atoms with E-state index < -0.39 is 29.6 Å². The molecule has 3 amide bonds. The Hall–Kier alpha value is -2.44. The standard InChI is InChI=1S/C21H39N3O9/c1-21(2,3)33-20(29)24-16(19(28)23-10-8-18(26)27)7-5-6-9-22-17(25)15-32-14-13-31-12-11-30-4/h16H,5-15H2,1-4H3,(H,22,25)(H,23,28)(H,24,29)(H,26,27)/t16-/m0/s1. The van der Waals surface area contributed by atoms with Crippen molar-refractivity contribution in [2.75, 3.05) is 53.2 Å². The van der Waals surface area contributed by atoms with Gasteiger partial charge in [0.2, 0.25) is 11.8 Å². The summed E-state index contributed by atoms with van der Waals surface area (Å²) in [6.07, 6.45) is 0.432. The van der Waals surface area contributed by atoms with Crippen LogP contribution in [-0.4, -0.2) is 93.9 Å². The summed E-state index contributed by atoms with van der Waals surface area (Å²) in [4.78, 5) is 46.8. The van der Waals surface area contributed by atoms with E-state index in [-0.39, 0.29) is 25.5 Å². The summed E-state index contributed by atoms with van der Waals surface area (Å²) in [5, 5.41) is 16.4. The highest BCUT2D eigenvalue weighted by Crippen LogP contribution is 2.08. The molecule has 0 aliphatic rings. The van der Waals surface area contributed by atoms with Gasteiger partial charge in [-0.2, -0.15) is 0 Å². The molecule has 192 valence electrons. The number of hydrogen-bond donors (Lipinski definition) is 4. The average molecular weight is 478 g/mol. The second-order valence-corrected chi connectivity index (χ2v) is 8.14. The molecule has 0 bridgehead atoms. The third-order valence-corrected chi connectivity index (χ3v) is 3.92. The van der Waals surface area contributed by atoms with E-state index in [1.165, 1.54) is 0 Å².